The standard InChI is InChI=1S/C20H38N4O/c1-17-7-10-23(11-8-17)20(25)18(2)24-9-5-4-6-19(16-24)22-14-12-21(3)13-15-22/h17-19H,4-16H2,1-3H3. The van der Waals surface area contributed by atoms with E-state index in [1.807, 2.05) is 0 Å². The average Bonchev–Trinajstić information content (AvgIpc) is 2.88. The molecule has 0 bridgehead atoms. The van der Waals surface area contributed by atoms with Gasteiger partial charge in [-0.15, -0.1) is 0 Å². The number of amides is 1. The van der Waals surface area contributed by atoms with Gasteiger partial charge < -0.3 is 9.80 Å². The smallest absolute Gasteiger partial charge is 0.239 e. The zero-order valence-corrected chi connectivity index (χ0v) is 16.6. The molecule has 3 heterocycles. The van der Waals surface area contributed by atoms with Crippen LogP contribution in [0.2, 0.25) is 0 Å². The molecule has 0 aromatic heterocycles. The molecule has 0 saturated carbocycles. The van der Waals surface area contributed by atoms with Gasteiger partial charge >= 0.3 is 0 Å². The molecule has 1 amide bonds. The maximum Gasteiger partial charge on any atom is 0.239 e. The molecule has 3 saturated heterocycles. The monoisotopic (exact) mass is 350 g/mol. The molecule has 0 radical (unpaired) electrons. The Labute approximate surface area is 154 Å². The molecule has 5 nitrogen and oxygen atoms in total. The Hall–Kier alpha value is -0.650. The van der Waals surface area contributed by atoms with Crippen LogP contribution in [0.1, 0.15) is 46.0 Å². The number of likely N-dealkylation sites (tertiary alicyclic amines) is 2. The summed E-state index contributed by atoms with van der Waals surface area (Å²) in [7, 11) is 2.22. The van der Waals surface area contributed by atoms with E-state index in [9.17, 15) is 4.79 Å². The molecular weight excluding hydrogens is 312 g/mol. The lowest BCUT2D eigenvalue weighted by Crippen LogP contribution is -2.55. The Balaban J connectivity index is 1.57. The minimum atomic E-state index is 0.0430. The van der Waals surface area contributed by atoms with Crippen molar-refractivity contribution in [1.82, 2.24) is 19.6 Å². The topological polar surface area (TPSA) is 30.0 Å². The summed E-state index contributed by atoms with van der Waals surface area (Å²) < 4.78 is 0. The second-order valence-electron chi connectivity index (χ2n) is 8.67. The van der Waals surface area contributed by atoms with Crippen LogP contribution < -0.4 is 0 Å². The van der Waals surface area contributed by atoms with Crippen molar-refractivity contribution in [2.75, 3.05) is 59.4 Å². The minimum Gasteiger partial charge on any atom is -0.341 e. The van der Waals surface area contributed by atoms with E-state index in [0.717, 1.165) is 32.1 Å². The highest BCUT2D eigenvalue weighted by Crippen LogP contribution is 2.22. The van der Waals surface area contributed by atoms with Gasteiger partial charge in [0.1, 0.15) is 0 Å². The fraction of sp³-hybridized carbons (Fsp3) is 0.950. The van der Waals surface area contributed by atoms with Crippen LogP contribution in [0.15, 0.2) is 0 Å². The van der Waals surface area contributed by atoms with Crippen LogP contribution in [0.25, 0.3) is 0 Å². The molecule has 2 atom stereocenters. The Kier molecular flexibility index (Phi) is 6.75. The van der Waals surface area contributed by atoms with Gasteiger partial charge in [0.05, 0.1) is 6.04 Å². The van der Waals surface area contributed by atoms with Crippen LogP contribution in [0, 0.1) is 5.92 Å². The Morgan fingerprint density at radius 3 is 2.28 bits per heavy atom. The summed E-state index contributed by atoms with van der Waals surface area (Å²) in [4.78, 5) is 22.7. The van der Waals surface area contributed by atoms with Gasteiger partial charge in [-0.3, -0.25) is 14.6 Å². The van der Waals surface area contributed by atoms with E-state index in [4.69, 9.17) is 0 Å². The summed E-state index contributed by atoms with van der Waals surface area (Å²) in [5, 5.41) is 0. The van der Waals surface area contributed by atoms with Crippen LogP contribution in [0.5, 0.6) is 0 Å². The maximum absolute atomic E-state index is 13.0. The average molecular weight is 351 g/mol. The number of carbonyl (C=O) groups excluding carboxylic acids is 1. The molecular formula is C20H38N4O. The summed E-state index contributed by atoms with van der Waals surface area (Å²) in [5.41, 5.74) is 0. The number of nitrogens with zero attached hydrogens (tertiary/aromatic N) is 4. The van der Waals surface area contributed by atoms with Gasteiger partial charge in [0.15, 0.2) is 0 Å². The molecule has 3 fully saturated rings. The summed E-state index contributed by atoms with van der Waals surface area (Å²) in [6.45, 7) is 13.2. The predicted molar refractivity (Wildman–Crippen MR) is 103 cm³/mol. The first-order valence-electron chi connectivity index (χ1n) is 10.5. The van der Waals surface area contributed by atoms with Crippen LogP contribution in [0.4, 0.5) is 0 Å². The molecule has 3 aliphatic rings. The normalized spacial score (nSPS) is 30.2. The van der Waals surface area contributed by atoms with Crippen molar-refractivity contribution in [3.05, 3.63) is 0 Å². The van der Waals surface area contributed by atoms with Crippen LogP contribution >= 0.6 is 0 Å². The number of piperidine rings is 1. The molecule has 0 aromatic carbocycles. The third-order valence-corrected chi connectivity index (χ3v) is 6.73. The van der Waals surface area contributed by atoms with Gasteiger partial charge in [-0.2, -0.15) is 0 Å². The van der Waals surface area contributed by atoms with E-state index in [2.05, 4.69) is 40.5 Å². The third kappa shape index (κ3) is 4.95. The Morgan fingerprint density at radius 2 is 1.60 bits per heavy atom. The van der Waals surface area contributed by atoms with Crippen LogP contribution in [-0.4, -0.2) is 97.0 Å². The highest BCUT2D eigenvalue weighted by Gasteiger charge is 2.32. The first kappa shape index (κ1) is 19.1. The lowest BCUT2D eigenvalue weighted by atomic mass is 9.98. The van der Waals surface area contributed by atoms with Crippen molar-refractivity contribution in [2.24, 2.45) is 5.92 Å². The van der Waals surface area contributed by atoms with E-state index in [0.29, 0.717) is 11.9 Å². The molecule has 2 unspecified atom stereocenters. The third-order valence-electron chi connectivity index (χ3n) is 6.73. The molecule has 0 spiro atoms. The number of likely N-dealkylation sites (N-methyl/N-ethyl adjacent to an activating group) is 1. The zero-order valence-electron chi connectivity index (χ0n) is 16.6. The van der Waals surface area contributed by atoms with Gasteiger partial charge in [0.2, 0.25) is 5.91 Å². The molecule has 0 N–H and O–H groups in total. The first-order valence-corrected chi connectivity index (χ1v) is 10.5. The van der Waals surface area contributed by atoms with Gasteiger partial charge in [0.25, 0.3) is 0 Å². The van der Waals surface area contributed by atoms with Crippen molar-refractivity contribution < 1.29 is 4.79 Å². The molecule has 3 rings (SSSR count). The van der Waals surface area contributed by atoms with E-state index < -0.39 is 0 Å². The number of hydrogen-bond donors (Lipinski definition) is 0. The van der Waals surface area contributed by atoms with Gasteiger partial charge in [-0.05, 0) is 52.1 Å². The van der Waals surface area contributed by atoms with Crippen molar-refractivity contribution in [2.45, 2.75) is 58.0 Å². The number of carbonyl (C=O) groups is 1. The fourth-order valence-electron chi connectivity index (χ4n) is 4.63. The SMILES string of the molecule is CC1CCN(C(=O)C(C)N2CCCCC(N3CCN(C)CC3)C2)CC1. The first-order chi connectivity index (χ1) is 12.0. The van der Waals surface area contributed by atoms with Crippen LogP contribution in [0.3, 0.4) is 0 Å². The largest absolute Gasteiger partial charge is 0.341 e. The van der Waals surface area contributed by atoms with Crippen molar-refractivity contribution in [1.29, 1.82) is 0 Å². The molecule has 5 heteroatoms. The second-order valence-corrected chi connectivity index (χ2v) is 8.67. The van der Waals surface area contributed by atoms with Gasteiger partial charge in [-0.25, -0.2) is 0 Å². The van der Waals surface area contributed by atoms with Crippen molar-refractivity contribution >= 4 is 5.91 Å². The highest BCUT2D eigenvalue weighted by atomic mass is 16.2. The predicted octanol–water partition coefficient (Wildman–Crippen LogP) is 1.74. The van der Waals surface area contributed by atoms with E-state index in [1.165, 1.54) is 58.3 Å². The lowest BCUT2D eigenvalue weighted by Gasteiger charge is -2.41. The Morgan fingerprint density at radius 1 is 0.920 bits per heavy atom. The molecule has 3 aliphatic heterocycles. The number of piperazine rings is 1. The van der Waals surface area contributed by atoms with E-state index >= 15 is 0 Å². The summed E-state index contributed by atoms with van der Waals surface area (Å²) >= 11 is 0. The Bertz CT molecular complexity index is 427. The summed E-state index contributed by atoms with van der Waals surface area (Å²) in [5.74, 6) is 1.14. The van der Waals surface area contributed by atoms with Gasteiger partial charge in [0, 0.05) is 51.9 Å². The molecule has 0 aromatic rings. The zero-order chi connectivity index (χ0) is 17.8. The fourth-order valence-corrected chi connectivity index (χ4v) is 4.63. The summed E-state index contributed by atoms with van der Waals surface area (Å²) in [6.07, 6.45) is 6.17. The maximum atomic E-state index is 13.0. The van der Waals surface area contributed by atoms with E-state index in [-0.39, 0.29) is 6.04 Å². The second kappa shape index (κ2) is 8.83. The molecule has 144 valence electrons. The summed E-state index contributed by atoms with van der Waals surface area (Å²) in [6, 6.07) is 0.675. The molecule has 25 heavy (non-hydrogen) atoms. The van der Waals surface area contributed by atoms with Crippen LogP contribution in [-0.2, 0) is 4.79 Å². The number of rotatable bonds is 3. The quantitative estimate of drug-likeness (QED) is 0.776. The minimum absolute atomic E-state index is 0.0430. The van der Waals surface area contributed by atoms with E-state index in [1.54, 1.807) is 0 Å². The molecule has 0 aliphatic carbocycles. The van der Waals surface area contributed by atoms with Crippen molar-refractivity contribution in [3.63, 3.8) is 0 Å². The van der Waals surface area contributed by atoms with Crippen molar-refractivity contribution in [3.8, 4) is 0 Å². The highest BCUT2D eigenvalue weighted by molar-refractivity contribution is 5.81. The van der Waals surface area contributed by atoms with Gasteiger partial charge in [-0.1, -0.05) is 13.3 Å². The lowest BCUT2D eigenvalue weighted by molar-refractivity contribution is -0.138. The number of hydrogen-bond acceptors (Lipinski definition) is 4.